The number of ether oxygens (including phenoxy) is 3. The third-order valence-electron chi connectivity index (χ3n) is 3.02. The number of rotatable bonds is 5. The minimum Gasteiger partial charge on any atom is -0.491 e. The summed E-state index contributed by atoms with van der Waals surface area (Å²) in [7, 11) is 0. The number of cyclic esters (lactones) is 1. The van der Waals surface area contributed by atoms with Crippen molar-refractivity contribution >= 4 is 11.9 Å². The number of carbonyl (C=O) groups is 2. The summed E-state index contributed by atoms with van der Waals surface area (Å²) in [6, 6.07) is 7.29. The van der Waals surface area contributed by atoms with E-state index in [9.17, 15) is 9.59 Å². The van der Waals surface area contributed by atoms with Gasteiger partial charge in [0.2, 0.25) is 6.10 Å². The molecular weight excluding hydrogens is 272 g/mol. The van der Waals surface area contributed by atoms with Crippen molar-refractivity contribution in [1.29, 1.82) is 0 Å². The zero-order valence-electron chi connectivity index (χ0n) is 12.5. The lowest BCUT2D eigenvalue weighted by Crippen LogP contribution is -2.23. The zero-order valence-corrected chi connectivity index (χ0v) is 12.5. The van der Waals surface area contributed by atoms with Crippen molar-refractivity contribution < 1.29 is 23.8 Å². The molecule has 2 rings (SSSR count). The fraction of sp³-hybridized carbons (Fsp3) is 0.500. The van der Waals surface area contributed by atoms with Gasteiger partial charge in [0.25, 0.3) is 0 Å². The number of hydrogen-bond acceptors (Lipinski definition) is 5. The third kappa shape index (κ3) is 4.48. The highest BCUT2D eigenvalue weighted by Gasteiger charge is 2.34. The summed E-state index contributed by atoms with van der Waals surface area (Å²) in [5.74, 6) is -0.190. The van der Waals surface area contributed by atoms with E-state index in [0.29, 0.717) is 12.2 Å². The van der Waals surface area contributed by atoms with Crippen molar-refractivity contribution in [2.45, 2.75) is 51.9 Å². The molecule has 2 atom stereocenters. The first-order chi connectivity index (χ1) is 9.94. The summed E-state index contributed by atoms with van der Waals surface area (Å²) >= 11 is 0. The molecule has 0 aromatic heterocycles. The van der Waals surface area contributed by atoms with Crippen LogP contribution in [0, 0.1) is 0 Å². The van der Waals surface area contributed by atoms with Gasteiger partial charge >= 0.3 is 11.9 Å². The molecule has 1 fully saturated rings. The van der Waals surface area contributed by atoms with E-state index in [0.717, 1.165) is 5.56 Å². The maximum atomic E-state index is 11.9. The molecule has 1 aliphatic rings. The van der Waals surface area contributed by atoms with Crippen molar-refractivity contribution in [2.24, 2.45) is 0 Å². The maximum Gasteiger partial charge on any atom is 0.347 e. The Bertz CT molecular complexity index is 523. The van der Waals surface area contributed by atoms with Crippen LogP contribution in [0.5, 0.6) is 5.75 Å². The summed E-state index contributed by atoms with van der Waals surface area (Å²) in [6.07, 6.45) is -0.378. The van der Waals surface area contributed by atoms with Gasteiger partial charge in [0.05, 0.1) is 12.5 Å². The first-order valence-corrected chi connectivity index (χ1v) is 7.09. The van der Waals surface area contributed by atoms with Crippen LogP contribution in [0.4, 0.5) is 0 Å². The first-order valence-electron chi connectivity index (χ1n) is 7.09. The number of carbonyl (C=O) groups excluding carboxylic acids is 2. The van der Waals surface area contributed by atoms with E-state index in [1.54, 1.807) is 13.0 Å². The Balaban J connectivity index is 1.92. The summed E-state index contributed by atoms with van der Waals surface area (Å²) in [5, 5.41) is 0. The lowest BCUT2D eigenvalue weighted by molar-refractivity contribution is -0.160. The van der Waals surface area contributed by atoms with E-state index >= 15 is 0 Å². The van der Waals surface area contributed by atoms with Gasteiger partial charge < -0.3 is 14.2 Å². The Morgan fingerprint density at radius 1 is 1.43 bits per heavy atom. The van der Waals surface area contributed by atoms with Crippen LogP contribution in [0.2, 0.25) is 0 Å². The van der Waals surface area contributed by atoms with Crippen molar-refractivity contribution in [3.05, 3.63) is 29.8 Å². The SMILES string of the molecule is CC(C)Oc1cccc(CC(=O)OC2CC(C)OC2=O)c1. The van der Waals surface area contributed by atoms with Gasteiger partial charge in [0.15, 0.2) is 0 Å². The van der Waals surface area contributed by atoms with Crippen LogP contribution in [0.15, 0.2) is 24.3 Å². The molecular formula is C16H20O5. The molecule has 0 amide bonds. The molecule has 1 aromatic carbocycles. The van der Waals surface area contributed by atoms with Gasteiger partial charge in [-0.25, -0.2) is 4.79 Å². The third-order valence-corrected chi connectivity index (χ3v) is 3.02. The molecule has 2 unspecified atom stereocenters. The highest BCUT2D eigenvalue weighted by atomic mass is 16.6. The second-order valence-corrected chi connectivity index (χ2v) is 5.45. The average molecular weight is 292 g/mol. The van der Waals surface area contributed by atoms with Crippen molar-refractivity contribution in [3.8, 4) is 5.75 Å². The Kier molecular flexibility index (Phi) is 4.83. The van der Waals surface area contributed by atoms with Gasteiger partial charge in [-0.05, 0) is 38.5 Å². The molecule has 0 radical (unpaired) electrons. The highest BCUT2D eigenvalue weighted by Crippen LogP contribution is 2.19. The molecule has 114 valence electrons. The van der Waals surface area contributed by atoms with Gasteiger partial charge in [-0.1, -0.05) is 12.1 Å². The van der Waals surface area contributed by atoms with Crippen LogP contribution in [0.3, 0.4) is 0 Å². The maximum absolute atomic E-state index is 11.9. The lowest BCUT2D eigenvalue weighted by atomic mass is 10.1. The topological polar surface area (TPSA) is 61.8 Å². The summed E-state index contributed by atoms with van der Waals surface area (Å²) < 4.78 is 15.7. The molecule has 1 aliphatic heterocycles. The van der Waals surface area contributed by atoms with Crippen molar-refractivity contribution in [2.75, 3.05) is 0 Å². The lowest BCUT2D eigenvalue weighted by Gasteiger charge is -2.11. The predicted octanol–water partition coefficient (Wildman–Crippen LogP) is 2.26. The molecule has 5 nitrogen and oxygen atoms in total. The van der Waals surface area contributed by atoms with Gasteiger partial charge in [0, 0.05) is 6.42 Å². The molecule has 1 heterocycles. The quantitative estimate of drug-likeness (QED) is 0.779. The summed E-state index contributed by atoms with van der Waals surface area (Å²) in [6.45, 7) is 5.65. The van der Waals surface area contributed by atoms with Gasteiger partial charge in [-0.2, -0.15) is 0 Å². The molecule has 0 aliphatic carbocycles. The van der Waals surface area contributed by atoms with Crippen LogP contribution >= 0.6 is 0 Å². The number of esters is 2. The van der Waals surface area contributed by atoms with Crippen LogP contribution in [0.25, 0.3) is 0 Å². The second kappa shape index (κ2) is 6.61. The Hall–Kier alpha value is -2.04. The normalized spacial score (nSPS) is 21.2. The Labute approximate surface area is 124 Å². The Morgan fingerprint density at radius 3 is 2.81 bits per heavy atom. The summed E-state index contributed by atoms with van der Waals surface area (Å²) in [4.78, 5) is 23.3. The minimum atomic E-state index is -0.775. The van der Waals surface area contributed by atoms with Gasteiger partial charge in [-0.3, -0.25) is 4.79 Å². The highest BCUT2D eigenvalue weighted by molar-refractivity contribution is 5.81. The fourth-order valence-corrected chi connectivity index (χ4v) is 2.18. The van der Waals surface area contributed by atoms with Gasteiger partial charge in [-0.15, -0.1) is 0 Å². The van der Waals surface area contributed by atoms with Crippen molar-refractivity contribution in [3.63, 3.8) is 0 Å². The molecule has 21 heavy (non-hydrogen) atoms. The number of hydrogen-bond donors (Lipinski definition) is 0. The number of benzene rings is 1. The van der Waals surface area contributed by atoms with Crippen LogP contribution in [-0.2, 0) is 25.5 Å². The van der Waals surface area contributed by atoms with E-state index in [4.69, 9.17) is 14.2 Å². The molecule has 1 aromatic rings. The fourth-order valence-electron chi connectivity index (χ4n) is 2.18. The average Bonchev–Trinajstić information content (AvgIpc) is 2.67. The Morgan fingerprint density at radius 2 is 2.19 bits per heavy atom. The molecule has 1 saturated heterocycles. The second-order valence-electron chi connectivity index (χ2n) is 5.45. The predicted molar refractivity (Wildman–Crippen MR) is 76.0 cm³/mol. The van der Waals surface area contributed by atoms with Crippen LogP contribution < -0.4 is 4.74 Å². The molecule has 0 spiro atoms. The monoisotopic (exact) mass is 292 g/mol. The van der Waals surface area contributed by atoms with Crippen LogP contribution in [-0.4, -0.2) is 30.3 Å². The van der Waals surface area contributed by atoms with E-state index in [2.05, 4.69) is 0 Å². The van der Waals surface area contributed by atoms with Gasteiger partial charge in [0.1, 0.15) is 11.9 Å². The van der Waals surface area contributed by atoms with E-state index < -0.39 is 18.0 Å². The van der Waals surface area contributed by atoms with Crippen molar-refractivity contribution in [1.82, 2.24) is 0 Å². The van der Waals surface area contributed by atoms with E-state index in [1.165, 1.54) is 0 Å². The van der Waals surface area contributed by atoms with E-state index in [-0.39, 0.29) is 18.6 Å². The molecule has 0 saturated carbocycles. The summed E-state index contributed by atoms with van der Waals surface area (Å²) in [5.41, 5.74) is 0.789. The zero-order chi connectivity index (χ0) is 15.4. The molecule has 0 N–H and O–H groups in total. The largest absolute Gasteiger partial charge is 0.491 e. The van der Waals surface area contributed by atoms with Crippen LogP contribution in [0.1, 0.15) is 32.8 Å². The standard InChI is InChI=1S/C16H20O5/c1-10(2)19-13-6-4-5-12(8-13)9-15(17)21-14-7-11(3)20-16(14)18/h4-6,8,10-11,14H,7,9H2,1-3H3. The first kappa shape index (κ1) is 15.4. The smallest absolute Gasteiger partial charge is 0.347 e. The van der Waals surface area contributed by atoms with E-state index in [1.807, 2.05) is 32.0 Å². The molecule has 0 bridgehead atoms. The minimum absolute atomic E-state index is 0.0712. The molecule has 5 heteroatoms.